The standard InChI is InChI=1S/C30H32Cl2F3N3O4S/c1-4-15-36-29(40)27(5-2)37(18-21-11-12-23(31)17-26(21)32)28(39)19-38(24-8-6-7-22(16-24)30(33,34)35)43(41,42)25-13-9-20(3)10-14-25/h6-14,16-17,27H,4-5,15,18-19H2,1-3H3,(H,36,40)/t27-/m1/s1. The van der Waals surface area contributed by atoms with E-state index >= 15 is 0 Å². The van der Waals surface area contributed by atoms with Crippen LogP contribution in [-0.2, 0) is 32.3 Å². The minimum Gasteiger partial charge on any atom is -0.354 e. The van der Waals surface area contributed by atoms with Crippen LogP contribution < -0.4 is 9.62 Å². The number of nitrogens with zero attached hydrogens (tertiary/aromatic N) is 2. The highest BCUT2D eigenvalue weighted by Crippen LogP contribution is 2.33. The monoisotopic (exact) mass is 657 g/mol. The number of halogens is 5. The van der Waals surface area contributed by atoms with Gasteiger partial charge in [0.15, 0.2) is 0 Å². The van der Waals surface area contributed by atoms with Gasteiger partial charge in [-0.2, -0.15) is 13.2 Å². The molecule has 0 heterocycles. The molecule has 1 atom stereocenters. The van der Waals surface area contributed by atoms with Crippen molar-refractivity contribution < 1.29 is 31.2 Å². The number of alkyl halides is 3. The van der Waals surface area contributed by atoms with Crippen molar-refractivity contribution in [3.05, 3.63) is 93.5 Å². The Hall–Kier alpha value is -3.28. The largest absolute Gasteiger partial charge is 0.416 e. The van der Waals surface area contributed by atoms with Crippen molar-refractivity contribution in [1.29, 1.82) is 0 Å². The SMILES string of the molecule is CCCNC(=O)[C@@H](CC)N(Cc1ccc(Cl)cc1Cl)C(=O)CN(c1cccc(C(F)(F)F)c1)S(=O)(=O)c1ccc(C)cc1. The van der Waals surface area contributed by atoms with E-state index in [1.54, 1.807) is 38.1 Å². The highest BCUT2D eigenvalue weighted by Gasteiger charge is 2.36. The Morgan fingerprint density at radius 3 is 2.23 bits per heavy atom. The van der Waals surface area contributed by atoms with E-state index in [9.17, 15) is 31.2 Å². The Labute approximate surface area is 259 Å². The third-order valence-corrected chi connectivity index (χ3v) is 9.02. The van der Waals surface area contributed by atoms with Crippen LogP contribution in [0, 0.1) is 6.92 Å². The molecule has 2 amide bonds. The lowest BCUT2D eigenvalue weighted by Gasteiger charge is -2.33. The average Bonchev–Trinajstić information content (AvgIpc) is 2.95. The second-order valence-corrected chi connectivity index (χ2v) is 12.6. The van der Waals surface area contributed by atoms with Crippen molar-refractivity contribution in [1.82, 2.24) is 10.2 Å². The number of hydrogen-bond donors (Lipinski definition) is 1. The van der Waals surface area contributed by atoms with Crippen LogP contribution in [0.5, 0.6) is 0 Å². The first-order valence-electron chi connectivity index (χ1n) is 13.5. The van der Waals surface area contributed by atoms with Crippen LogP contribution in [0.15, 0.2) is 71.6 Å². The molecule has 0 unspecified atom stereocenters. The lowest BCUT2D eigenvalue weighted by molar-refractivity contribution is -0.140. The number of hydrogen-bond acceptors (Lipinski definition) is 4. The predicted molar refractivity (Wildman–Crippen MR) is 162 cm³/mol. The van der Waals surface area contributed by atoms with Gasteiger partial charge in [0.1, 0.15) is 12.6 Å². The summed E-state index contributed by atoms with van der Waals surface area (Å²) >= 11 is 12.4. The quantitative estimate of drug-likeness (QED) is 0.231. The van der Waals surface area contributed by atoms with E-state index in [-0.39, 0.29) is 28.6 Å². The highest BCUT2D eigenvalue weighted by atomic mass is 35.5. The predicted octanol–water partition coefficient (Wildman–Crippen LogP) is 6.85. The Morgan fingerprint density at radius 2 is 1.65 bits per heavy atom. The lowest BCUT2D eigenvalue weighted by Crippen LogP contribution is -2.52. The fraction of sp³-hybridized carbons (Fsp3) is 0.333. The second kappa shape index (κ2) is 14.5. The third kappa shape index (κ3) is 8.64. The molecule has 0 aliphatic rings. The molecule has 3 aromatic rings. The van der Waals surface area contributed by atoms with Crippen LogP contribution in [0.3, 0.4) is 0 Å². The summed E-state index contributed by atoms with van der Waals surface area (Å²) in [5.74, 6) is -1.28. The number of anilines is 1. The number of rotatable bonds is 12. The summed E-state index contributed by atoms with van der Waals surface area (Å²) < 4.78 is 69.3. The van der Waals surface area contributed by atoms with Crippen LogP contribution in [0.1, 0.15) is 43.4 Å². The van der Waals surface area contributed by atoms with Gasteiger partial charge in [-0.3, -0.25) is 13.9 Å². The van der Waals surface area contributed by atoms with Crippen molar-refractivity contribution in [2.75, 3.05) is 17.4 Å². The van der Waals surface area contributed by atoms with E-state index in [1.807, 2.05) is 6.92 Å². The normalized spacial score (nSPS) is 12.5. The fourth-order valence-electron chi connectivity index (χ4n) is 4.32. The van der Waals surface area contributed by atoms with E-state index in [2.05, 4.69) is 5.32 Å². The number of nitrogens with one attached hydrogen (secondary N) is 1. The van der Waals surface area contributed by atoms with Crippen LogP contribution in [0.25, 0.3) is 0 Å². The molecular formula is C30H32Cl2F3N3O4S. The zero-order valence-corrected chi connectivity index (χ0v) is 26.1. The molecular weight excluding hydrogens is 626 g/mol. The van der Waals surface area contributed by atoms with Crippen molar-refractivity contribution >= 4 is 50.7 Å². The van der Waals surface area contributed by atoms with E-state index in [4.69, 9.17) is 23.2 Å². The zero-order chi connectivity index (χ0) is 31.9. The topological polar surface area (TPSA) is 86.8 Å². The van der Waals surface area contributed by atoms with Gasteiger partial charge >= 0.3 is 6.18 Å². The zero-order valence-electron chi connectivity index (χ0n) is 23.8. The van der Waals surface area contributed by atoms with Gasteiger partial charge in [-0.25, -0.2) is 8.42 Å². The maximum atomic E-state index is 14.1. The molecule has 13 heteroatoms. The molecule has 3 rings (SSSR count). The van der Waals surface area contributed by atoms with E-state index < -0.39 is 46.2 Å². The molecule has 0 fully saturated rings. The van der Waals surface area contributed by atoms with Crippen molar-refractivity contribution in [3.8, 4) is 0 Å². The van der Waals surface area contributed by atoms with Crippen molar-refractivity contribution in [3.63, 3.8) is 0 Å². The number of aryl methyl sites for hydroxylation is 1. The summed E-state index contributed by atoms with van der Waals surface area (Å²) in [5.41, 5.74) is -0.253. The summed E-state index contributed by atoms with van der Waals surface area (Å²) in [5, 5.41) is 3.32. The van der Waals surface area contributed by atoms with Crippen LogP contribution in [-0.4, -0.2) is 44.3 Å². The van der Waals surface area contributed by atoms with Crippen LogP contribution >= 0.6 is 23.2 Å². The van der Waals surface area contributed by atoms with Gasteiger partial charge < -0.3 is 10.2 Å². The molecule has 0 bridgehead atoms. The number of carbonyl (C=O) groups excluding carboxylic acids is 2. The first-order valence-corrected chi connectivity index (χ1v) is 15.7. The maximum Gasteiger partial charge on any atom is 0.416 e. The molecule has 0 aliphatic heterocycles. The Balaban J connectivity index is 2.13. The number of sulfonamides is 1. The first-order chi connectivity index (χ1) is 20.2. The van der Waals surface area contributed by atoms with Crippen LogP contribution in [0.4, 0.5) is 18.9 Å². The van der Waals surface area contributed by atoms with Crippen molar-refractivity contribution in [2.45, 2.75) is 57.3 Å². The molecule has 0 saturated carbocycles. The van der Waals surface area contributed by atoms with Gasteiger partial charge in [-0.05, 0) is 67.8 Å². The molecule has 0 radical (unpaired) electrons. The number of carbonyl (C=O) groups is 2. The summed E-state index contributed by atoms with van der Waals surface area (Å²) in [6.45, 7) is 4.57. The minimum atomic E-state index is -4.76. The van der Waals surface area contributed by atoms with Gasteiger partial charge in [0.25, 0.3) is 10.0 Å². The van der Waals surface area contributed by atoms with Gasteiger partial charge in [-0.15, -0.1) is 0 Å². The Morgan fingerprint density at radius 1 is 0.977 bits per heavy atom. The number of amides is 2. The van der Waals surface area contributed by atoms with Gasteiger partial charge in [0.05, 0.1) is 16.1 Å². The average molecular weight is 659 g/mol. The van der Waals surface area contributed by atoms with Crippen molar-refractivity contribution in [2.24, 2.45) is 0 Å². The molecule has 1 N–H and O–H groups in total. The van der Waals surface area contributed by atoms with Gasteiger partial charge in [0, 0.05) is 23.1 Å². The molecule has 232 valence electrons. The Bertz CT molecular complexity index is 1550. The highest BCUT2D eigenvalue weighted by molar-refractivity contribution is 7.92. The molecule has 7 nitrogen and oxygen atoms in total. The van der Waals surface area contributed by atoms with Gasteiger partial charge in [-0.1, -0.05) is 66.9 Å². The minimum absolute atomic E-state index is 0.167. The molecule has 0 saturated heterocycles. The summed E-state index contributed by atoms with van der Waals surface area (Å²) in [4.78, 5) is 28.2. The van der Waals surface area contributed by atoms with Gasteiger partial charge in [0.2, 0.25) is 11.8 Å². The lowest BCUT2D eigenvalue weighted by atomic mass is 10.1. The molecule has 43 heavy (non-hydrogen) atoms. The smallest absolute Gasteiger partial charge is 0.354 e. The summed E-state index contributed by atoms with van der Waals surface area (Å²) in [6, 6.07) is 13.0. The maximum absolute atomic E-state index is 14.1. The van der Waals surface area contributed by atoms with E-state index in [0.717, 1.165) is 17.7 Å². The number of benzene rings is 3. The molecule has 0 aromatic heterocycles. The summed E-state index contributed by atoms with van der Waals surface area (Å²) in [7, 11) is -4.54. The van der Waals surface area contributed by atoms with Crippen LogP contribution in [0.2, 0.25) is 10.0 Å². The Kier molecular flexibility index (Phi) is 11.5. The molecule has 0 spiro atoms. The third-order valence-electron chi connectivity index (χ3n) is 6.64. The first kappa shape index (κ1) is 34.2. The fourth-order valence-corrected chi connectivity index (χ4v) is 6.20. The molecule has 3 aromatic carbocycles. The van der Waals surface area contributed by atoms with E-state index in [1.165, 1.54) is 29.2 Å². The second-order valence-electron chi connectivity index (χ2n) is 9.85. The summed E-state index contributed by atoms with van der Waals surface area (Å²) in [6.07, 6.45) is -3.96. The molecule has 0 aliphatic carbocycles. The van der Waals surface area contributed by atoms with E-state index in [0.29, 0.717) is 33.9 Å².